The molecular formula is C9H18O5. The number of hydrogen-bond acceptors (Lipinski definition) is 4. The van der Waals surface area contributed by atoms with E-state index < -0.39 is 6.16 Å². The topological polar surface area (TPSA) is 65.0 Å². The molecule has 0 aromatic rings. The van der Waals surface area contributed by atoms with E-state index in [9.17, 15) is 4.79 Å². The molecule has 0 aromatic heterocycles. The first-order valence-electron chi connectivity index (χ1n) is 4.67. The average Bonchev–Trinajstić information content (AvgIpc) is 2.14. The highest BCUT2D eigenvalue weighted by atomic mass is 16.7. The Bertz CT molecular complexity index is 148. The van der Waals surface area contributed by atoms with E-state index in [1.165, 1.54) is 0 Å². The number of hydrogen-bond donors (Lipinski definition) is 1. The standard InChI is InChI=1S/C9H18O5/c1-3-4-8(7-14-9(10)11)13-6-5-12-2/h8H,3-7H2,1-2H3,(H,10,11). The Balaban J connectivity index is 3.59. The average molecular weight is 206 g/mol. The third kappa shape index (κ3) is 7.82. The van der Waals surface area contributed by atoms with E-state index >= 15 is 0 Å². The van der Waals surface area contributed by atoms with Crippen LogP contribution in [0.3, 0.4) is 0 Å². The van der Waals surface area contributed by atoms with Gasteiger partial charge in [0.2, 0.25) is 0 Å². The molecule has 0 aromatic carbocycles. The van der Waals surface area contributed by atoms with Crippen LogP contribution >= 0.6 is 0 Å². The molecule has 0 aliphatic carbocycles. The van der Waals surface area contributed by atoms with Crippen LogP contribution < -0.4 is 0 Å². The smallest absolute Gasteiger partial charge is 0.450 e. The minimum atomic E-state index is -1.26. The van der Waals surface area contributed by atoms with Crippen molar-refractivity contribution in [1.82, 2.24) is 0 Å². The summed E-state index contributed by atoms with van der Waals surface area (Å²) in [6.07, 6.45) is 0.296. The summed E-state index contributed by atoms with van der Waals surface area (Å²) < 4.78 is 14.6. The van der Waals surface area contributed by atoms with Crippen LogP contribution in [0.5, 0.6) is 0 Å². The second kappa shape index (κ2) is 8.77. The van der Waals surface area contributed by atoms with E-state index in [2.05, 4.69) is 4.74 Å². The molecule has 0 amide bonds. The summed E-state index contributed by atoms with van der Waals surface area (Å²) in [6, 6.07) is 0. The van der Waals surface area contributed by atoms with Crippen molar-refractivity contribution < 1.29 is 24.1 Å². The molecule has 1 N–H and O–H groups in total. The van der Waals surface area contributed by atoms with Gasteiger partial charge in [-0.25, -0.2) is 4.79 Å². The van der Waals surface area contributed by atoms with E-state index in [-0.39, 0.29) is 12.7 Å². The number of carboxylic acid groups (broad SMARTS) is 1. The number of methoxy groups -OCH3 is 1. The summed E-state index contributed by atoms with van der Waals surface area (Å²) >= 11 is 0. The third-order valence-corrected chi connectivity index (χ3v) is 1.64. The lowest BCUT2D eigenvalue weighted by Crippen LogP contribution is -2.23. The molecule has 0 fully saturated rings. The predicted molar refractivity (Wildman–Crippen MR) is 50.5 cm³/mol. The molecule has 14 heavy (non-hydrogen) atoms. The minimum absolute atomic E-state index is 0.0902. The van der Waals surface area contributed by atoms with Gasteiger partial charge in [-0.15, -0.1) is 0 Å². The molecule has 1 unspecified atom stereocenters. The van der Waals surface area contributed by atoms with Crippen molar-refractivity contribution >= 4 is 6.16 Å². The van der Waals surface area contributed by atoms with Gasteiger partial charge in [-0.2, -0.15) is 0 Å². The van der Waals surface area contributed by atoms with Gasteiger partial charge >= 0.3 is 6.16 Å². The summed E-state index contributed by atoms with van der Waals surface area (Å²) in [6.45, 7) is 3.07. The molecular weight excluding hydrogens is 188 g/mol. The third-order valence-electron chi connectivity index (χ3n) is 1.64. The Morgan fingerprint density at radius 3 is 2.64 bits per heavy atom. The minimum Gasteiger partial charge on any atom is -0.450 e. The van der Waals surface area contributed by atoms with Crippen LogP contribution in [0.15, 0.2) is 0 Å². The fourth-order valence-corrected chi connectivity index (χ4v) is 0.999. The van der Waals surface area contributed by atoms with E-state index in [1.54, 1.807) is 7.11 Å². The highest BCUT2D eigenvalue weighted by molar-refractivity contribution is 5.56. The van der Waals surface area contributed by atoms with Crippen LogP contribution in [0.4, 0.5) is 4.79 Å². The lowest BCUT2D eigenvalue weighted by Gasteiger charge is -2.15. The summed E-state index contributed by atoms with van der Waals surface area (Å²) in [5.41, 5.74) is 0. The Morgan fingerprint density at radius 1 is 1.43 bits per heavy atom. The van der Waals surface area contributed by atoms with E-state index in [0.717, 1.165) is 12.8 Å². The molecule has 84 valence electrons. The molecule has 0 aliphatic rings. The maximum absolute atomic E-state index is 10.1. The Labute approximate surface area is 84.0 Å². The van der Waals surface area contributed by atoms with Crippen molar-refractivity contribution in [3.05, 3.63) is 0 Å². The van der Waals surface area contributed by atoms with Crippen molar-refractivity contribution in [2.75, 3.05) is 26.9 Å². The van der Waals surface area contributed by atoms with Crippen LogP contribution in [-0.2, 0) is 14.2 Å². The maximum Gasteiger partial charge on any atom is 0.505 e. The van der Waals surface area contributed by atoms with Gasteiger partial charge in [-0.1, -0.05) is 13.3 Å². The van der Waals surface area contributed by atoms with E-state index in [0.29, 0.717) is 13.2 Å². The zero-order chi connectivity index (χ0) is 10.8. The van der Waals surface area contributed by atoms with Gasteiger partial charge in [0, 0.05) is 7.11 Å². The highest BCUT2D eigenvalue weighted by Gasteiger charge is 2.10. The first kappa shape index (κ1) is 13.2. The van der Waals surface area contributed by atoms with Gasteiger partial charge in [0.1, 0.15) is 6.61 Å². The normalized spacial score (nSPS) is 12.4. The molecule has 0 aliphatic heterocycles. The zero-order valence-corrected chi connectivity index (χ0v) is 8.69. The van der Waals surface area contributed by atoms with Gasteiger partial charge in [-0.05, 0) is 6.42 Å². The summed E-state index contributed by atoms with van der Waals surface area (Å²) in [4.78, 5) is 10.1. The number of rotatable bonds is 8. The second-order valence-corrected chi connectivity index (χ2v) is 2.85. The molecule has 0 radical (unpaired) electrons. The molecule has 1 atom stereocenters. The monoisotopic (exact) mass is 206 g/mol. The van der Waals surface area contributed by atoms with E-state index in [1.807, 2.05) is 6.92 Å². The van der Waals surface area contributed by atoms with Crippen molar-refractivity contribution in [2.45, 2.75) is 25.9 Å². The fraction of sp³-hybridized carbons (Fsp3) is 0.889. The first-order valence-corrected chi connectivity index (χ1v) is 4.67. The molecule has 0 spiro atoms. The predicted octanol–water partition coefficient (Wildman–Crippen LogP) is 1.51. The van der Waals surface area contributed by atoms with Gasteiger partial charge in [0.25, 0.3) is 0 Å². The van der Waals surface area contributed by atoms with Crippen molar-refractivity contribution in [3.63, 3.8) is 0 Å². The Hall–Kier alpha value is -0.810. The molecule has 0 rings (SSSR count). The van der Waals surface area contributed by atoms with Crippen LogP contribution in [0.2, 0.25) is 0 Å². The van der Waals surface area contributed by atoms with Gasteiger partial charge in [-0.3, -0.25) is 0 Å². The summed E-state index contributed by atoms with van der Waals surface area (Å²) in [7, 11) is 1.59. The summed E-state index contributed by atoms with van der Waals surface area (Å²) in [5.74, 6) is 0. The zero-order valence-electron chi connectivity index (χ0n) is 8.69. The largest absolute Gasteiger partial charge is 0.505 e. The maximum atomic E-state index is 10.1. The summed E-state index contributed by atoms with van der Waals surface area (Å²) in [5, 5.41) is 8.30. The quantitative estimate of drug-likeness (QED) is 0.481. The van der Waals surface area contributed by atoms with Crippen LogP contribution in [0, 0.1) is 0 Å². The number of carbonyl (C=O) groups is 1. The molecule has 0 heterocycles. The van der Waals surface area contributed by atoms with Crippen molar-refractivity contribution in [2.24, 2.45) is 0 Å². The van der Waals surface area contributed by atoms with Gasteiger partial charge in [0.05, 0.1) is 19.3 Å². The Kier molecular flexibility index (Phi) is 8.27. The van der Waals surface area contributed by atoms with Crippen LogP contribution in [0.25, 0.3) is 0 Å². The molecule has 0 bridgehead atoms. The van der Waals surface area contributed by atoms with Gasteiger partial charge < -0.3 is 19.3 Å². The first-order chi connectivity index (χ1) is 6.70. The second-order valence-electron chi connectivity index (χ2n) is 2.85. The highest BCUT2D eigenvalue weighted by Crippen LogP contribution is 2.03. The number of ether oxygens (including phenoxy) is 3. The molecule has 5 nitrogen and oxygen atoms in total. The lowest BCUT2D eigenvalue weighted by atomic mass is 10.2. The van der Waals surface area contributed by atoms with E-state index in [4.69, 9.17) is 14.6 Å². The lowest BCUT2D eigenvalue weighted by molar-refractivity contribution is -0.0274. The molecule has 0 saturated carbocycles. The SMILES string of the molecule is CCCC(COC(=O)O)OCCOC. The van der Waals surface area contributed by atoms with Crippen molar-refractivity contribution in [1.29, 1.82) is 0 Å². The van der Waals surface area contributed by atoms with Gasteiger partial charge in [0.15, 0.2) is 0 Å². The fourth-order valence-electron chi connectivity index (χ4n) is 0.999. The van der Waals surface area contributed by atoms with Crippen LogP contribution in [-0.4, -0.2) is 44.3 Å². The van der Waals surface area contributed by atoms with Crippen LogP contribution in [0.1, 0.15) is 19.8 Å². The van der Waals surface area contributed by atoms with Crippen molar-refractivity contribution in [3.8, 4) is 0 Å². The molecule has 5 heteroatoms. The Morgan fingerprint density at radius 2 is 2.14 bits per heavy atom. The molecule has 0 saturated heterocycles.